The van der Waals surface area contributed by atoms with E-state index in [1.165, 1.54) is 18.0 Å². The molecule has 0 bridgehead atoms. The molecule has 0 aliphatic heterocycles. The van der Waals surface area contributed by atoms with Gasteiger partial charge in [-0.2, -0.15) is 0 Å². The molecule has 6 heteroatoms. The second-order valence-electron chi connectivity index (χ2n) is 5.38. The van der Waals surface area contributed by atoms with E-state index in [4.69, 9.17) is 4.74 Å². The van der Waals surface area contributed by atoms with Crippen molar-refractivity contribution in [3.63, 3.8) is 0 Å². The molecule has 0 unspecified atom stereocenters. The van der Waals surface area contributed by atoms with Crippen molar-refractivity contribution in [2.45, 2.75) is 39.7 Å². The Morgan fingerprint density at radius 2 is 2.05 bits per heavy atom. The van der Waals surface area contributed by atoms with Gasteiger partial charge in [-0.3, -0.25) is 4.79 Å². The first-order valence-electron chi connectivity index (χ1n) is 6.07. The highest BCUT2D eigenvalue weighted by molar-refractivity contribution is 5.72. The Morgan fingerprint density at radius 1 is 1.42 bits per heavy atom. The van der Waals surface area contributed by atoms with Crippen LogP contribution in [0.15, 0.2) is 12.5 Å². The summed E-state index contributed by atoms with van der Waals surface area (Å²) in [4.78, 5) is 27.1. The van der Waals surface area contributed by atoms with Crippen molar-refractivity contribution in [2.75, 3.05) is 7.11 Å². The van der Waals surface area contributed by atoms with Gasteiger partial charge in [0, 0.05) is 12.6 Å². The Labute approximate surface area is 112 Å². The van der Waals surface area contributed by atoms with E-state index in [-0.39, 0.29) is 11.9 Å². The third-order valence-corrected chi connectivity index (χ3v) is 2.36. The minimum Gasteiger partial charge on any atom is -0.469 e. The fraction of sp³-hybridized carbons (Fsp3) is 0.615. The van der Waals surface area contributed by atoms with Crippen molar-refractivity contribution < 1.29 is 19.1 Å². The van der Waals surface area contributed by atoms with Gasteiger partial charge >= 0.3 is 12.1 Å². The average molecular weight is 268 g/mol. The Morgan fingerprint density at radius 3 is 2.58 bits per heavy atom. The van der Waals surface area contributed by atoms with E-state index < -0.39 is 11.7 Å². The van der Waals surface area contributed by atoms with Crippen molar-refractivity contribution >= 4 is 12.1 Å². The number of nitrogens with zero attached hydrogens (tertiary/aromatic N) is 2. The van der Waals surface area contributed by atoms with E-state index in [9.17, 15) is 9.59 Å². The lowest BCUT2D eigenvalue weighted by molar-refractivity contribution is -0.144. The molecule has 106 valence electrons. The average Bonchev–Trinajstić information content (AvgIpc) is 2.74. The molecule has 1 aromatic heterocycles. The van der Waals surface area contributed by atoms with Gasteiger partial charge in [0.15, 0.2) is 0 Å². The van der Waals surface area contributed by atoms with Gasteiger partial charge in [-0.15, -0.1) is 0 Å². The zero-order valence-electron chi connectivity index (χ0n) is 12.0. The van der Waals surface area contributed by atoms with Crippen LogP contribution < -0.4 is 0 Å². The molecule has 0 aliphatic rings. The molecule has 0 amide bonds. The SMILES string of the molecule is COC(=O)[C@@H](C)Cc1cn(C(=O)OC(C)(C)C)cn1. The van der Waals surface area contributed by atoms with Crippen LogP contribution in [0, 0.1) is 5.92 Å². The molecule has 0 saturated carbocycles. The van der Waals surface area contributed by atoms with Crippen molar-refractivity contribution in [1.82, 2.24) is 9.55 Å². The number of carbonyl (C=O) groups is 2. The van der Waals surface area contributed by atoms with Crippen LogP contribution in [0.2, 0.25) is 0 Å². The zero-order valence-corrected chi connectivity index (χ0v) is 12.0. The Balaban J connectivity index is 2.67. The molecule has 0 aromatic carbocycles. The van der Waals surface area contributed by atoms with Crippen molar-refractivity contribution in [1.29, 1.82) is 0 Å². The summed E-state index contributed by atoms with van der Waals surface area (Å²) in [6, 6.07) is 0. The Bertz CT molecular complexity index is 459. The molecule has 1 rings (SSSR count). The van der Waals surface area contributed by atoms with Crippen LogP contribution in [0.3, 0.4) is 0 Å². The number of methoxy groups -OCH3 is 1. The number of imidazole rings is 1. The zero-order chi connectivity index (χ0) is 14.6. The van der Waals surface area contributed by atoms with Gasteiger partial charge in [-0.05, 0) is 20.8 Å². The van der Waals surface area contributed by atoms with Gasteiger partial charge < -0.3 is 9.47 Å². The highest BCUT2D eigenvalue weighted by Gasteiger charge is 2.19. The summed E-state index contributed by atoms with van der Waals surface area (Å²) in [5.41, 5.74) is 0.0876. The van der Waals surface area contributed by atoms with Crippen LogP contribution >= 0.6 is 0 Å². The third-order valence-electron chi connectivity index (χ3n) is 2.36. The number of ether oxygens (including phenoxy) is 2. The van der Waals surface area contributed by atoms with Gasteiger partial charge in [0.1, 0.15) is 11.9 Å². The Hall–Kier alpha value is -1.85. The summed E-state index contributed by atoms with van der Waals surface area (Å²) in [6.07, 6.45) is 2.88. The van der Waals surface area contributed by atoms with Crippen LogP contribution in [0.25, 0.3) is 0 Å². The van der Waals surface area contributed by atoms with Crippen molar-refractivity contribution in [3.8, 4) is 0 Å². The highest BCUT2D eigenvalue weighted by Crippen LogP contribution is 2.11. The molecule has 0 N–H and O–H groups in total. The molecule has 0 saturated heterocycles. The van der Waals surface area contributed by atoms with Crippen LogP contribution in [0.4, 0.5) is 4.79 Å². The molecule has 19 heavy (non-hydrogen) atoms. The largest absolute Gasteiger partial charge is 0.469 e. The molecule has 1 heterocycles. The van der Waals surface area contributed by atoms with E-state index in [0.29, 0.717) is 12.1 Å². The number of hydrogen-bond donors (Lipinski definition) is 0. The molecule has 0 spiro atoms. The van der Waals surface area contributed by atoms with E-state index in [0.717, 1.165) is 0 Å². The first-order valence-corrected chi connectivity index (χ1v) is 6.07. The second-order valence-corrected chi connectivity index (χ2v) is 5.38. The van der Waals surface area contributed by atoms with Crippen LogP contribution in [0.5, 0.6) is 0 Å². The molecular weight excluding hydrogens is 248 g/mol. The minimum atomic E-state index is -0.555. The molecule has 0 radical (unpaired) electrons. The van der Waals surface area contributed by atoms with E-state index >= 15 is 0 Å². The monoisotopic (exact) mass is 268 g/mol. The van der Waals surface area contributed by atoms with Crippen LogP contribution in [-0.2, 0) is 20.7 Å². The lowest BCUT2D eigenvalue weighted by Gasteiger charge is -2.19. The van der Waals surface area contributed by atoms with Crippen molar-refractivity contribution in [2.24, 2.45) is 5.92 Å². The molecule has 1 aromatic rings. The number of aromatic nitrogens is 2. The van der Waals surface area contributed by atoms with E-state index in [2.05, 4.69) is 9.72 Å². The van der Waals surface area contributed by atoms with E-state index in [1.54, 1.807) is 33.9 Å². The van der Waals surface area contributed by atoms with Gasteiger partial charge in [-0.1, -0.05) is 6.92 Å². The highest BCUT2D eigenvalue weighted by atomic mass is 16.6. The molecule has 0 aliphatic carbocycles. The summed E-state index contributed by atoms with van der Waals surface area (Å²) in [5.74, 6) is -0.598. The normalized spacial score (nSPS) is 12.9. The summed E-state index contributed by atoms with van der Waals surface area (Å²) in [6.45, 7) is 7.13. The fourth-order valence-electron chi connectivity index (χ4n) is 1.48. The third kappa shape index (κ3) is 4.73. The smallest absolute Gasteiger partial charge is 0.419 e. The summed E-state index contributed by atoms with van der Waals surface area (Å²) >= 11 is 0. The first-order chi connectivity index (χ1) is 8.73. The second kappa shape index (κ2) is 5.86. The Kier molecular flexibility index (Phi) is 4.69. The van der Waals surface area contributed by atoms with Crippen LogP contribution in [-0.4, -0.2) is 34.3 Å². The topological polar surface area (TPSA) is 70.4 Å². The quantitative estimate of drug-likeness (QED) is 0.784. The predicted octanol–water partition coefficient (Wildman–Crippen LogP) is 2.02. The van der Waals surface area contributed by atoms with Gasteiger partial charge in [0.25, 0.3) is 0 Å². The predicted molar refractivity (Wildman–Crippen MR) is 68.7 cm³/mol. The summed E-state index contributed by atoms with van der Waals surface area (Å²) < 4.78 is 11.1. The number of rotatable bonds is 3. The van der Waals surface area contributed by atoms with Gasteiger partial charge in [-0.25, -0.2) is 14.3 Å². The number of esters is 1. The molecule has 6 nitrogen and oxygen atoms in total. The van der Waals surface area contributed by atoms with E-state index in [1.807, 2.05) is 0 Å². The standard InChI is InChI=1S/C13H20N2O4/c1-9(11(16)18-5)6-10-7-15(8-14-10)12(17)19-13(2,3)4/h7-9H,6H2,1-5H3/t9-/m0/s1. The summed E-state index contributed by atoms with van der Waals surface area (Å²) in [5, 5.41) is 0. The number of hydrogen-bond acceptors (Lipinski definition) is 5. The number of carbonyl (C=O) groups excluding carboxylic acids is 2. The maximum absolute atomic E-state index is 11.8. The van der Waals surface area contributed by atoms with Crippen LogP contribution in [0.1, 0.15) is 33.4 Å². The van der Waals surface area contributed by atoms with Gasteiger partial charge in [0.2, 0.25) is 0 Å². The molecule has 1 atom stereocenters. The minimum absolute atomic E-state index is 0.299. The first kappa shape index (κ1) is 15.2. The molecular formula is C13H20N2O4. The summed E-state index contributed by atoms with van der Waals surface area (Å²) in [7, 11) is 1.35. The van der Waals surface area contributed by atoms with Gasteiger partial charge in [0.05, 0.1) is 18.7 Å². The maximum Gasteiger partial charge on any atom is 0.419 e. The molecule has 0 fully saturated rings. The lowest BCUT2D eigenvalue weighted by Crippen LogP contribution is -2.26. The van der Waals surface area contributed by atoms with Crippen molar-refractivity contribution in [3.05, 3.63) is 18.2 Å². The fourth-order valence-corrected chi connectivity index (χ4v) is 1.48. The maximum atomic E-state index is 11.8. The lowest BCUT2D eigenvalue weighted by atomic mass is 10.1.